The van der Waals surface area contributed by atoms with E-state index in [0.29, 0.717) is 0 Å². The summed E-state index contributed by atoms with van der Waals surface area (Å²) >= 11 is 0. The number of carbonyl (C=O) groups excluding carboxylic acids is 3. The molecule has 0 amide bonds. The van der Waals surface area contributed by atoms with Crippen LogP contribution in [0, 0.1) is 0 Å². The third-order valence-corrected chi connectivity index (χ3v) is 2.36. The molecule has 3 unspecified atom stereocenters. The molecule has 0 saturated heterocycles. The van der Waals surface area contributed by atoms with Crippen molar-refractivity contribution < 1.29 is 156 Å². The number of hydrogen-bond acceptors (Lipinski definition) is 12. The number of aliphatic hydroxyl groups is 3. The molecule has 0 fully saturated rings. The maximum Gasteiger partial charge on any atom is 0.508 e. The van der Waals surface area contributed by atoms with Gasteiger partial charge in [0.1, 0.15) is 33.0 Å². The van der Waals surface area contributed by atoms with Gasteiger partial charge in [0, 0.05) is 98.1 Å². The van der Waals surface area contributed by atoms with Gasteiger partial charge >= 0.3 is 18.5 Å². The number of hydrogen-bond donors (Lipinski definition) is 3. The van der Waals surface area contributed by atoms with E-state index in [9.17, 15) is 14.4 Å². The number of carbonyl (C=O) groups is 3. The Labute approximate surface area is 250 Å². The fourth-order valence-electron chi connectivity index (χ4n) is 1.26. The van der Waals surface area contributed by atoms with E-state index in [2.05, 4.69) is 23.7 Å². The zero-order valence-corrected chi connectivity index (χ0v) is 25.6. The Morgan fingerprint density at radius 2 is 0.833 bits per heavy atom. The first-order valence-electron chi connectivity index (χ1n) is 8.06. The van der Waals surface area contributed by atoms with Crippen LogP contribution in [0.5, 0.6) is 0 Å². The molecule has 167 valence electrons. The first-order chi connectivity index (χ1) is 12.6. The van der Waals surface area contributed by atoms with Crippen LogP contribution in [0.3, 0.4) is 0 Å². The summed E-state index contributed by atoms with van der Waals surface area (Å²) in [5, 5.41) is 27.1. The van der Waals surface area contributed by atoms with Gasteiger partial charge in [-0.15, -0.1) is 0 Å². The van der Waals surface area contributed by atoms with Crippen molar-refractivity contribution >= 4 is 18.5 Å². The Hall–Kier alpha value is 1.00. The van der Waals surface area contributed by atoms with Crippen molar-refractivity contribution in [1.82, 2.24) is 0 Å². The summed E-state index contributed by atoms with van der Waals surface area (Å²) in [6.45, 7) is 2.13. The van der Waals surface area contributed by atoms with Gasteiger partial charge in [-0.1, -0.05) is 0 Å². The fraction of sp³-hybridized carbons (Fsp3) is 0.800. The van der Waals surface area contributed by atoms with Crippen LogP contribution in [-0.2, 0) is 127 Å². The molecule has 15 heteroatoms. The first-order valence-corrected chi connectivity index (χ1v) is 8.06. The molecular weight excluding hydrogens is 639 g/mol. The quantitative estimate of drug-likeness (QED) is 0.199. The fourth-order valence-corrected chi connectivity index (χ4v) is 1.26. The second-order valence-corrected chi connectivity index (χ2v) is 5.59. The van der Waals surface area contributed by atoms with Crippen molar-refractivity contribution in [2.24, 2.45) is 0 Å². The molecule has 0 bridgehead atoms. The predicted octanol–water partition coefficient (Wildman–Crippen LogP) is -0.0505. The van der Waals surface area contributed by atoms with Crippen molar-refractivity contribution in [2.75, 3.05) is 33.0 Å². The molecule has 0 aromatic carbocycles. The average molecular weight is 665 g/mol. The van der Waals surface area contributed by atoms with Crippen molar-refractivity contribution in [3.8, 4) is 0 Å². The van der Waals surface area contributed by atoms with E-state index in [1.54, 1.807) is 0 Å². The maximum atomic E-state index is 11.5. The zero-order valence-electron chi connectivity index (χ0n) is 17.1. The largest absolute Gasteiger partial charge is 0.508 e. The van der Waals surface area contributed by atoms with E-state index < -0.39 is 56.1 Å². The van der Waals surface area contributed by atoms with Gasteiger partial charge in [0.2, 0.25) is 0 Å². The monoisotopic (exact) mass is 665 g/mol. The minimum atomic E-state index is -1.26. The second-order valence-electron chi connectivity index (χ2n) is 5.59. The molecule has 0 aliphatic carbocycles. The van der Waals surface area contributed by atoms with Crippen LogP contribution in [0.4, 0.5) is 14.4 Å². The molecule has 3 atom stereocenters. The molecule has 0 heterocycles. The Balaban J connectivity index is -0.00000113. The summed E-state index contributed by atoms with van der Waals surface area (Å²) in [6.07, 6.45) is -7.45. The molecule has 0 aromatic rings. The van der Waals surface area contributed by atoms with E-state index in [4.69, 9.17) is 20.1 Å². The minimum Gasteiger partial charge on any atom is -0.432 e. The predicted molar refractivity (Wildman–Crippen MR) is 85.9 cm³/mol. The van der Waals surface area contributed by atoms with Crippen LogP contribution in [-0.4, -0.2) is 91.2 Å². The van der Waals surface area contributed by atoms with E-state index in [0.717, 1.165) is 0 Å². The number of ether oxygens (including phenoxy) is 6. The Kier molecular flexibility index (Phi) is 29.6. The van der Waals surface area contributed by atoms with Crippen LogP contribution in [0.1, 0.15) is 20.8 Å². The summed E-state index contributed by atoms with van der Waals surface area (Å²) in [4.78, 5) is 34.2. The van der Waals surface area contributed by atoms with Gasteiger partial charge in [-0.3, -0.25) is 0 Å². The third-order valence-electron chi connectivity index (χ3n) is 2.36. The van der Waals surface area contributed by atoms with Crippen LogP contribution >= 0.6 is 0 Å². The molecule has 3 N–H and O–H groups in total. The third kappa shape index (κ3) is 25.3. The molecule has 0 aliphatic heterocycles. The first kappa shape index (κ1) is 38.3. The molecule has 0 spiro atoms. The number of aliphatic hydroxyl groups excluding tert-OH is 3. The van der Waals surface area contributed by atoms with Gasteiger partial charge in [-0.25, -0.2) is 14.4 Å². The van der Waals surface area contributed by atoms with Crippen molar-refractivity contribution in [2.45, 2.75) is 45.2 Å². The van der Waals surface area contributed by atoms with E-state index in [-0.39, 0.29) is 118 Å². The Bertz CT molecular complexity index is 434. The summed E-state index contributed by atoms with van der Waals surface area (Å²) in [7, 11) is 0. The summed E-state index contributed by atoms with van der Waals surface area (Å²) in [6, 6.07) is 0. The normalized spacial score (nSPS) is 13.4. The van der Waals surface area contributed by atoms with E-state index in [1.165, 1.54) is 20.8 Å². The SMILES string of the molecule is CC(O)COC(=O)OCC(COC(=O)OCC(C)O)OC(=O)OCC(C)O.[Y].[Y].[Y]. The van der Waals surface area contributed by atoms with Crippen LogP contribution in [0.25, 0.3) is 0 Å². The smallest absolute Gasteiger partial charge is 0.432 e. The Morgan fingerprint density at radius 3 is 1.13 bits per heavy atom. The van der Waals surface area contributed by atoms with Gasteiger partial charge in [0.05, 0.1) is 18.3 Å². The zero-order chi connectivity index (χ0) is 20.8. The van der Waals surface area contributed by atoms with Gasteiger partial charge in [0.25, 0.3) is 0 Å². The molecule has 0 saturated carbocycles. The molecule has 30 heavy (non-hydrogen) atoms. The average Bonchev–Trinajstić information content (AvgIpc) is 2.58. The molecule has 0 aliphatic rings. The van der Waals surface area contributed by atoms with Gasteiger partial charge in [-0.05, 0) is 20.8 Å². The summed E-state index contributed by atoms with van der Waals surface area (Å²) in [5.74, 6) is 0. The number of rotatable bonds is 11. The topological polar surface area (TPSA) is 167 Å². The van der Waals surface area contributed by atoms with Gasteiger partial charge < -0.3 is 43.7 Å². The van der Waals surface area contributed by atoms with E-state index >= 15 is 0 Å². The summed E-state index contributed by atoms with van der Waals surface area (Å²) in [5.41, 5.74) is 0. The van der Waals surface area contributed by atoms with Crippen molar-refractivity contribution in [1.29, 1.82) is 0 Å². The molecular formula is C15H26O12Y3. The van der Waals surface area contributed by atoms with Gasteiger partial charge in [-0.2, -0.15) is 0 Å². The molecule has 3 radical (unpaired) electrons. The van der Waals surface area contributed by atoms with Gasteiger partial charge in [0.15, 0.2) is 6.10 Å². The standard InChI is InChI=1S/C15H26O12.3Y/c1-9(16)4-22-13(19)25-7-12(27-15(21)24-6-11(3)18)8-26-14(20)23-5-10(2)17;;;/h9-12,16-18H,4-8H2,1-3H3;;;. The van der Waals surface area contributed by atoms with Crippen LogP contribution in [0.15, 0.2) is 0 Å². The summed E-state index contributed by atoms with van der Waals surface area (Å²) < 4.78 is 27.9. The Morgan fingerprint density at radius 1 is 0.567 bits per heavy atom. The van der Waals surface area contributed by atoms with E-state index in [1.807, 2.05) is 0 Å². The molecule has 12 nitrogen and oxygen atoms in total. The van der Waals surface area contributed by atoms with Crippen molar-refractivity contribution in [3.63, 3.8) is 0 Å². The van der Waals surface area contributed by atoms with Crippen molar-refractivity contribution in [3.05, 3.63) is 0 Å². The molecule has 0 aromatic heterocycles. The van der Waals surface area contributed by atoms with Crippen LogP contribution in [0.2, 0.25) is 0 Å². The minimum absolute atomic E-state index is 0. The maximum absolute atomic E-state index is 11.5. The second kappa shape index (κ2) is 23.2. The molecule has 0 rings (SSSR count). The van der Waals surface area contributed by atoms with Crippen LogP contribution < -0.4 is 0 Å².